The van der Waals surface area contributed by atoms with Crippen LogP contribution in [0.5, 0.6) is 11.5 Å². The normalized spacial score (nSPS) is 18.0. The third kappa shape index (κ3) is 4.05. The van der Waals surface area contributed by atoms with Crippen LogP contribution in [0.1, 0.15) is 11.1 Å². The maximum Gasteiger partial charge on any atom is 0.573 e. The molecule has 0 bridgehead atoms. The average molecular weight is 368 g/mol. The van der Waals surface area contributed by atoms with E-state index in [4.69, 9.17) is 10.1 Å². The van der Waals surface area contributed by atoms with Crippen molar-refractivity contribution in [3.05, 3.63) is 59.7 Å². The zero-order chi connectivity index (χ0) is 19.4. The van der Waals surface area contributed by atoms with Gasteiger partial charge < -0.3 is 20.3 Å². The fourth-order valence-corrected chi connectivity index (χ4v) is 2.59. The van der Waals surface area contributed by atoms with Crippen LogP contribution < -0.4 is 15.2 Å². The average Bonchev–Trinajstić information content (AvgIpc) is 2.95. The van der Waals surface area contributed by atoms with E-state index in [0.717, 1.165) is 18.5 Å². The van der Waals surface area contributed by atoms with Gasteiger partial charge in [-0.2, -0.15) is 0 Å². The lowest BCUT2D eigenvalue weighted by Crippen LogP contribution is -2.40. The molecule has 2 aromatic carbocycles. The van der Waals surface area contributed by atoms with Crippen molar-refractivity contribution in [3.63, 3.8) is 0 Å². The summed E-state index contributed by atoms with van der Waals surface area (Å²) in [5, 5.41) is 15.5. The van der Waals surface area contributed by atoms with Crippen molar-refractivity contribution in [1.82, 2.24) is 0 Å². The van der Waals surface area contributed by atoms with Crippen LogP contribution in [0.25, 0.3) is 0 Å². The first-order valence-corrected chi connectivity index (χ1v) is 7.29. The molecule has 0 radical (unpaired) electrons. The third-order valence-electron chi connectivity index (χ3n) is 3.57. The number of carbonyl (C=O) groups is 1. The molecule has 4 N–H and O–H groups in total. The monoisotopic (exact) mass is 368 g/mol. The highest BCUT2D eigenvalue weighted by Gasteiger charge is 2.48. The van der Waals surface area contributed by atoms with Gasteiger partial charge in [0.2, 0.25) is 5.60 Å². The number of alkyl halides is 3. The highest BCUT2D eigenvalue weighted by molar-refractivity contribution is 5.82. The van der Waals surface area contributed by atoms with Crippen molar-refractivity contribution in [3.8, 4) is 11.5 Å². The first kappa shape index (κ1) is 19.1. The second-order valence-electron chi connectivity index (χ2n) is 5.26. The highest BCUT2D eigenvalue weighted by atomic mass is 19.4. The second-order valence-corrected chi connectivity index (χ2v) is 5.26. The Morgan fingerprint density at radius 1 is 1.27 bits per heavy atom. The van der Waals surface area contributed by atoms with Gasteiger partial charge in [0.05, 0.1) is 6.34 Å². The van der Waals surface area contributed by atoms with Crippen LogP contribution in [0.4, 0.5) is 13.2 Å². The predicted octanol–water partition coefficient (Wildman–Crippen LogP) is 3.05. The third-order valence-corrected chi connectivity index (χ3v) is 3.57. The van der Waals surface area contributed by atoms with Crippen LogP contribution >= 0.6 is 0 Å². The Bertz CT molecular complexity index is 796. The summed E-state index contributed by atoms with van der Waals surface area (Å²) in [7, 11) is 0. The molecule has 3 rings (SSSR count). The van der Waals surface area contributed by atoms with Crippen LogP contribution in [-0.4, -0.2) is 23.8 Å². The number of carboxylic acids is 1. The van der Waals surface area contributed by atoms with E-state index in [9.17, 15) is 23.1 Å². The molecule has 26 heavy (non-hydrogen) atoms. The number of fused-ring (bicyclic) bond motifs is 1. The van der Waals surface area contributed by atoms with Crippen LogP contribution in [0.3, 0.4) is 0 Å². The number of ether oxygens (including phenoxy) is 2. The fraction of sp³-hybridized carbons (Fsp3) is 0.176. The lowest BCUT2D eigenvalue weighted by molar-refractivity contribution is -0.274. The van der Waals surface area contributed by atoms with Crippen molar-refractivity contribution in [2.75, 3.05) is 0 Å². The van der Waals surface area contributed by atoms with E-state index in [0.29, 0.717) is 11.1 Å². The summed E-state index contributed by atoms with van der Waals surface area (Å²) in [6, 6.07) is 11.8. The summed E-state index contributed by atoms with van der Waals surface area (Å²) in [6.45, 7) is 0. The van der Waals surface area contributed by atoms with Crippen molar-refractivity contribution in [1.29, 1.82) is 5.41 Å². The summed E-state index contributed by atoms with van der Waals surface area (Å²) >= 11 is 0. The molecule has 0 amide bonds. The van der Waals surface area contributed by atoms with Gasteiger partial charge in [-0.05, 0) is 18.2 Å². The molecule has 9 heteroatoms. The molecule has 1 aliphatic heterocycles. The Hall–Kier alpha value is -3.23. The van der Waals surface area contributed by atoms with E-state index < -0.39 is 23.7 Å². The van der Waals surface area contributed by atoms with E-state index in [-0.39, 0.29) is 12.2 Å². The number of carboxylic acid groups (broad SMARTS) is 1. The lowest BCUT2D eigenvalue weighted by atomic mass is 9.89. The standard InChI is InChI=1S/C16H11F3O4.CH4N2/c17-16(18,19)22-12-6-7-13-10(8-12)9-15(23-13,14(20)21)11-4-2-1-3-5-11;2-1-3/h1-8H,9H2,(H,20,21);1H,(H3,2,3). The van der Waals surface area contributed by atoms with Gasteiger partial charge in [-0.25, -0.2) is 4.79 Å². The number of aliphatic carboxylic acids is 1. The Morgan fingerprint density at radius 3 is 2.42 bits per heavy atom. The van der Waals surface area contributed by atoms with E-state index >= 15 is 0 Å². The van der Waals surface area contributed by atoms with Gasteiger partial charge in [-0.3, -0.25) is 5.41 Å². The van der Waals surface area contributed by atoms with Crippen LogP contribution in [0.2, 0.25) is 0 Å². The van der Waals surface area contributed by atoms with E-state index in [1.54, 1.807) is 30.3 Å². The molecular weight excluding hydrogens is 353 g/mol. The molecule has 2 aromatic rings. The summed E-state index contributed by atoms with van der Waals surface area (Å²) in [4.78, 5) is 11.8. The van der Waals surface area contributed by atoms with Gasteiger partial charge in [-0.15, -0.1) is 13.2 Å². The molecular formula is C17H15F3N2O4. The zero-order valence-electron chi connectivity index (χ0n) is 13.3. The summed E-state index contributed by atoms with van der Waals surface area (Å²) in [6.07, 6.45) is -4.15. The Balaban J connectivity index is 0.000000758. The van der Waals surface area contributed by atoms with Crippen molar-refractivity contribution < 1.29 is 32.5 Å². The minimum Gasteiger partial charge on any atom is -0.478 e. The van der Waals surface area contributed by atoms with E-state index in [2.05, 4.69) is 10.5 Å². The molecule has 138 valence electrons. The molecule has 6 nitrogen and oxygen atoms in total. The highest BCUT2D eigenvalue weighted by Crippen LogP contribution is 2.43. The van der Waals surface area contributed by atoms with Crippen LogP contribution in [0, 0.1) is 5.41 Å². The molecule has 1 atom stereocenters. The minimum atomic E-state index is -4.81. The van der Waals surface area contributed by atoms with Gasteiger partial charge in [0.1, 0.15) is 11.5 Å². The van der Waals surface area contributed by atoms with Crippen molar-refractivity contribution >= 4 is 12.3 Å². The number of rotatable bonds is 3. The van der Waals surface area contributed by atoms with Crippen molar-refractivity contribution in [2.24, 2.45) is 5.73 Å². The molecule has 0 fully saturated rings. The Kier molecular flexibility index (Phi) is 5.39. The maximum absolute atomic E-state index is 12.3. The molecule has 1 unspecified atom stereocenters. The lowest BCUT2D eigenvalue weighted by Gasteiger charge is -2.24. The fourth-order valence-electron chi connectivity index (χ4n) is 2.59. The quantitative estimate of drug-likeness (QED) is 0.570. The first-order valence-electron chi connectivity index (χ1n) is 7.29. The summed E-state index contributed by atoms with van der Waals surface area (Å²) < 4.78 is 46.3. The minimum absolute atomic E-state index is 0.0866. The van der Waals surface area contributed by atoms with Gasteiger partial charge in [0, 0.05) is 17.5 Å². The zero-order valence-corrected chi connectivity index (χ0v) is 13.3. The number of halogens is 3. The topological polar surface area (TPSA) is 106 Å². The number of nitrogens with two attached hydrogens (primary N) is 1. The largest absolute Gasteiger partial charge is 0.573 e. The van der Waals surface area contributed by atoms with Gasteiger partial charge in [-0.1, -0.05) is 30.3 Å². The van der Waals surface area contributed by atoms with Gasteiger partial charge >= 0.3 is 12.3 Å². The Morgan fingerprint density at radius 2 is 1.88 bits per heavy atom. The number of nitrogens with one attached hydrogen (secondary N) is 1. The summed E-state index contributed by atoms with van der Waals surface area (Å²) in [5.41, 5.74) is 3.50. The van der Waals surface area contributed by atoms with E-state index in [1.807, 2.05) is 0 Å². The summed E-state index contributed by atoms with van der Waals surface area (Å²) in [5.74, 6) is -1.39. The predicted molar refractivity (Wildman–Crippen MR) is 86.2 cm³/mol. The van der Waals surface area contributed by atoms with Gasteiger partial charge in [0.15, 0.2) is 0 Å². The smallest absolute Gasteiger partial charge is 0.478 e. The van der Waals surface area contributed by atoms with Crippen LogP contribution in [-0.2, 0) is 16.8 Å². The number of hydrogen-bond acceptors (Lipinski definition) is 4. The van der Waals surface area contributed by atoms with Crippen LogP contribution in [0.15, 0.2) is 48.5 Å². The SMILES string of the molecule is N=CN.O=C(O)C1(c2ccccc2)Cc2cc(OC(F)(F)F)ccc2O1. The molecule has 0 aromatic heterocycles. The van der Waals surface area contributed by atoms with Gasteiger partial charge in [0.25, 0.3) is 0 Å². The number of hydrogen-bond donors (Lipinski definition) is 3. The van der Waals surface area contributed by atoms with E-state index in [1.165, 1.54) is 6.07 Å². The molecule has 0 spiro atoms. The molecule has 0 saturated carbocycles. The Labute approximate surface area is 146 Å². The van der Waals surface area contributed by atoms with Crippen molar-refractivity contribution in [2.45, 2.75) is 18.4 Å². The first-order chi connectivity index (χ1) is 12.2. The molecule has 1 heterocycles. The number of benzene rings is 2. The molecule has 1 aliphatic rings. The maximum atomic E-state index is 12.3. The molecule has 0 aliphatic carbocycles. The second kappa shape index (κ2) is 7.34. The molecule has 0 saturated heterocycles.